The summed E-state index contributed by atoms with van der Waals surface area (Å²) in [7, 11) is 0. The Labute approximate surface area is 70.7 Å². The monoisotopic (exact) mass is 136 g/mol. The van der Waals surface area contributed by atoms with Gasteiger partial charge in [-0.15, -0.1) is 0 Å². The third kappa shape index (κ3) is 20.5. The quantitative estimate of drug-likeness (QED) is 0.244. The first-order chi connectivity index (χ1) is 2.27. The molecule has 0 atom stereocenters. The van der Waals surface area contributed by atoms with E-state index in [1.54, 1.807) is 0 Å². The summed E-state index contributed by atoms with van der Waals surface area (Å²) in [6, 6.07) is 0. The molecule has 0 aliphatic heterocycles. The molecule has 0 fully saturated rings. The molecule has 0 radical (unpaired) electrons. The summed E-state index contributed by atoms with van der Waals surface area (Å²) in [5.41, 5.74) is 0. The van der Waals surface area contributed by atoms with Gasteiger partial charge in [-0.2, -0.15) is 5.26 Å². The molecule has 0 bridgehead atoms. The maximum atomic E-state index is 9.34. The Kier molecular flexibility index (Phi) is 21.9. The molecule has 0 spiro atoms. The van der Waals surface area contributed by atoms with Crippen LogP contribution < -0.4 is 0 Å². The predicted molar refractivity (Wildman–Crippen MR) is 26.6 cm³/mol. The van der Waals surface area contributed by atoms with E-state index in [4.69, 9.17) is 5.26 Å². The van der Waals surface area contributed by atoms with Crippen molar-refractivity contribution in [3.63, 3.8) is 0 Å². The van der Waals surface area contributed by atoms with Gasteiger partial charge >= 0.3 is 43.7 Å². The van der Waals surface area contributed by atoms with Crippen molar-refractivity contribution < 1.29 is 20.4 Å². The van der Waals surface area contributed by atoms with Gasteiger partial charge in [0, 0.05) is 6.92 Å². The first-order valence-corrected chi connectivity index (χ1v) is 1.09. The minimum atomic E-state index is -0.690. The molecule has 0 unspecified atom stereocenters. The summed E-state index contributed by atoms with van der Waals surface area (Å²) in [6.07, 6.45) is 0. The van der Waals surface area contributed by atoms with Gasteiger partial charge < -0.3 is 10.4 Å². The minimum absolute atomic E-state index is 0. The van der Waals surface area contributed by atoms with E-state index in [1.807, 2.05) is 0 Å². The van der Waals surface area contributed by atoms with E-state index < -0.39 is 5.97 Å². The molecule has 0 aromatic heterocycles. The van der Waals surface area contributed by atoms with Crippen LogP contribution in [0.5, 0.6) is 0 Å². The van der Waals surface area contributed by atoms with Gasteiger partial charge in [0.25, 0.3) is 0 Å². The third-order valence-corrected chi connectivity index (χ3v) is 0.129. The van der Waals surface area contributed by atoms with Crippen LogP contribution in [0.4, 0.5) is 0 Å². The van der Waals surface area contributed by atoms with E-state index in [9.17, 15) is 4.79 Å². The van der Waals surface area contributed by atoms with Gasteiger partial charge in [-0.1, -0.05) is 0 Å². The normalized spacial score (nSPS) is 4.86. The predicted octanol–water partition coefficient (Wildman–Crippen LogP) is -1.72. The molecule has 7 heavy (non-hydrogen) atoms. The van der Waals surface area contributed by atoms with Crippen molar-refractivity contribution >= 4 is 43.7 Å². The Balaban J connectivity index is -0.0000000800. The molecule has 0 rings (SSSR count). The van der Waals surface area contributed by atoms with Crippen LogP contribution in [0.15, 0.2) is 0 Å². The van der Waals surface area contributed by atoms with Crippen molar-refractivity contribution in [2.45, 2.75) is 6.92 Å². The second kappa shape index (κ2) is 9.82. The van der Waals surface area contributed by atoms with E-state index in [-0.39, 0.29) is 43.2 Å². The molecule has 0 aliphatic carbocycles. The molecule has 0 saturated carbocycles. The molecule has 0 amide bonds. The molecular weight excluding hydrogens is 128 g/mol. The van der Waals surface area contributed by atoms with Gasteiger partial charge in [0.15, 0.2) is 0 Å². The molecule has 0 aliphatic rings. The van der Waals surface area contributed by atoms with Crippen LogP contribution in [-0.4, -0.2) is 54.4 Å². The number of rotatable bonds is 0. The van der Waals surface area contributed by atoms with Crippen molar-refractivity contribution in [2.24, 2.45) is 0 Å². The average Bonchev–Trinajstić information content (AvgIpc) is 1.38. The van der Waals surface area contributed by atoms with Crippen LogP contribution in [0.1, 0.15) is 6.92 Å². The van der Waals surface area contributed by atoms with Gasteiger partial charge in [0.2, 0.25) is 0 Å². The van der Waals surface area contributed by atoms with Crippen LogP contribution in [0.3, 0.4) is 0 Å². The number of carbonyl (C=O) groups is 1. The third-order valence-electron chi connectivity index (χ3n) is 0.129. The Morgan fingerprint density at radius 3 is 1.86 bits per heavy atom. The molecule has 5 heteroatoms. The summed E-state index contributed by atoms with van der Waals surface area (Å²) in [4.78, 5) is 12.5. The van der Waals surface area contributed by atoms with Gasteiger partial charge in [0.1, 0.15) is 0 Å². The van der Waals surface area contributed by atoms with Crippen molar-refractivity contribution in [1.82, 2.24) is 0 Å². The van der Waals surface area contributed by atoms with Crippen LogP contribution in [0, 0.1) is 0 Å². The standard InChI is InChI=1S/C2H4O3.Ca.H2O.2H/c1-2(3)5-4;;;;/h4H,1H3;;1H2;;. The number of hydrogen-bond donors (Lipinski definition) is 1. The maximum absolute atomic E-state index is 9.34. The Morgan fingerprint density at radius 2 is 1.86 bits per heavy atom. The molecule has 3 N–H and O–H groups in total. The second-order valence-corrected chi connectivity index (χ2v) is 0.583. The average molecular weight is 136 g/mol. The topological polar surface area (TPSA) is 78.0 Å². The molecule has 0 saturated heterocycles. The fraction of sp³-hybridized carbons (Fsp3) is 0.500. The van der Waals surface area contributed by atoms with Crippen LogP contribution in [0.25, 0.3) is 0 Å². The SMILES string of the molecule is CC(=O)OO.O.[CaH2]. The molecular formula is C2H8CaO4. The van der Waals surface area contributed by atoms with Crippen molar-refractivity contribution in [2.75, 3.05) is 0 Å². The summed E-state index contributed by atoms with van der Waals surface area (Å²) in [5, 5.41) is 7.29. The zero-order valence-electron chi connectivity index (χ0n) is 3.26. The van der Waals surface area contributed by atoms with Crippen molar-refractivity contribution in [3.05, 3.63) is 0 Å². The number of carbonyl (C=O) groups excluding carboxylic acids is 1. The van der Waals surface area contributed by atoms with E-state index in [0.29, 0.717) is 0 Å². The molecule has 0 aromatic rings. The first kappa shape index (κ1) is 15.6. The second-order valence-electron chi connectivity index (χ2n) is 0.583. The number of hydrogen-bond acceptors (Lipinski definition) is 3. The molecule has 42 valence electrons. The summed E-state index contributed by atoms with van der Waals surface area (Å²) in [5.74, 6) is -0.690. The molecule has 4 nitrogen and oxygen atoms in total. The van der Waals surface area contributed by atoms with Crippen LogP contribution in [-0.2, 0) is 9.68 Å². The molecule has 0 aromatic carbocycles. The first-order valence-electron chi connectivity index (χ1n) is 1.09. The van der Waals surface area contributed by atoms with Crippen LogP contribution >= 0.6 is 0 Å². The van der Waals surface area contributed by atoms with E-state index in [1.165, 1.54) is 0 Å². The fourth-order valence-electron chi connectivity index (χ4n) is 0. The van der Waals surface area contributed by atoms with Gasteiger partial charge in [-0.3, -0.25) is 0 Å². The van der Waals surface area contributed by atoms with E-state index in [0.717, 1.165) is 6.92 Å². The Bertz CT molecular complexity index is 45.0. The molecule has 0 heterocycles. The summed E-state index contributed by atoms with van der Waals surface area (Å²) >= 11 is 0. The van der Waals surface area contributed by atoms with Crippen LogP contribution in [0.2, 0.25) is 0 Å². The van der Waals surface area contributed by atoms with Gasteiger partial charge in [0.05, 0.1) is 0 Å². The van der Waals surface area contributed by atoms with Crippen molar-refractivity contribution in [1.29, 1.82) is 0 Å². The van der Waals surface area contributed by atoms with Gasteiger partial charge in [-0.05, 0) is 0 Å². The van der Waals surface area contributed by atoms with E-state index >= 15 is 0 Å². The van der Waals surface area contributed by atoms with Gasteiger partial charge in [-0.25, -0.2) is 4.79 Å². The zero-order chi connectivity index (χ0) is 4.28. The van der Waals surface area contributed by atoms with Crippen molar-refractivity contribution in [3.8, 4) is 0 Å². The summed E-state index contributed by atoms with van der Waals surface area (Å²) < 4.78 is 0. The Hall–Kier alpha value is 0.650. The summed E-state index contributed by atoms with van der Waals surface area (Å²) in [6.45, 7) is 1.11. The van der Waals surface area contributed by atoms with E-state index in [2.05, 4.69) is 4.89 Å². The Morgan fingerprint density at radius 1 is 1.71 bits per heavy atom. The zero-order valence-corrected chi connectivity index (χ0v) is 3.26. The fourth-order valence-corrected chi connectivity index (χ4v) is 0.